The van der Waals surface area contributed by atoms with Crippen LogP contribution in [0, 0.1) is 27.7 Å². The summed E-state index contributed by atoms with van der Waals surface area (Å²) in [5, 5.41) is 3.05. The maximum atomic E-state index is 12.9. The fourth-order valence-corrected chi connectivity index (χ4v) is 5.99. The molecule has 0 spiro atoms. The van der Waals surface area contributed by atoms with E-state index in [9.17, 15) is 13.2 Å². The zero-order valence-corrected chi connectivity index (χ0v) is 21.7. The van der Waals surface area contributed by atoms with Crippen molar-refractivity contribution in [3.8, 4) is 0 Å². The molecule has 6 nitrogen and oxygen atoms in total. The van der Waals surface area contributed by atoms with Gasteiger partial charge in [0.25, 0.3) is 5.91 Å². The number of sulfonamides is 1. The average Bonchev–Trinajstić information content (AvgIpc) is 2.82. The Bertz CT molecular complexity index is 1290. The summed E-state index contributed by atoms with van der Waals surface area (Å²) in [5.74, 6) is -0.124. The van der Waals surface area contributed by atoms with Crippen LogP contribution in [0.4, 0.5) is 5.69 Å². The molecular weight excluding hydrogens is 458 g/mol. The molecule has 1 aliphatic heterocycles. The number of hydrogen-bond acceptors (Lipinski definition) is 4. The minimum Gasteiger partial charge on any atom is -0.322 e. The molecule has 1 heterocycles. The minimum atomic E-state index is -3.46. The molecule has 1 saturated heterocycles. The fourth-order valence-electron chi connectivity index (χ4n) is 4.57. The first-order valence-corrected chi connectivity index (χ1v) is 13.3. The van der Waals surface area contributed by atoms with Crippen molar-refractivity contribution in [1.29, 1.82) is 0 Å². The standard InChI is InChI=1S/C28H33N3O3S/c1-20-5-11-26(12-6-20)35(33,34)31-15-13-30(14-16-31)19-24-7-9-25(10-8-24)28(32)29-27-22(3)17-21(2)18-23(27)4/h5-12,17-18H,13-16,19H2,1-4H3,(H,29,32). The van der Waals surface area contributed by atoms with Crippen LogP contribution in [0.2, 0.25) is 0 Å². The predicted molar refractivity (Wildman–Crippen MR) is 140 cm³/mol. The van der Waals surface area contributed by atoms with E-state index < -0.39 is 10.0 Å². The SMILES string of the molecule is Cc1ccc(S(=O)(=O)N2CCN(Cc3ccc(C(=O)Nc4c(C)cc(C)cc4C)cc3)CC2)cc1. The lowest BCUT2D eigenvalue weighted by Gasteiger charge is -2.34. The third kappa shape index (κ3) is 5.81. The van der Waals surface area contributed by atoms with Crippen molar-refractivity contribution in [2.75, 3.05) is 31.5 Å². The van der Waals surface area contributed by atoms with Crippen LogP contribution in [-0.4, -0.2) is 49.7 Å². The molecule has 0 saturated carbocycles. The lowest BCUT2D eigenvalue weighted by molar-refractivity contribution is 0.102. The Labute approximate surface area is 208 Å². The summed E-state index contributed by atoms with van der Waals surface area (Å²) in [6.45, 7) is 11.0. The highest BCUT2D eigenvalue weighted by molar-refractivity contribution is 7.89. The largest absolute Gasteiger partial charge is 0.322 e. The second kappa shape index (κ2) is 10.3. The molecule has 3 aromatic rings. The number of nitrogens with one attached hydrogen (secondary N) is 1. The molecule has 1 fully saturated rings. The molecule has 7 heteroatoms. The quantitative estimate of drug-likeness (QED) is 0.544. The van der Waals surface area contributed by atoms with Gasteiger partial charge in [0.15, 0.2) is 0 Å². The summed E-state index contributed by atoms with van der Waals surface area (Å²) in [5.41, 5.74) is 6.89. The van der Waals surface area contributed by atoms with Crippen molar-refractivity contribution in [3.05, 3.63) is 94.0 Å². The maximum absolute atomic E-state index is 12.9. The lowest BCUT2D eigenvalue weighted by atomic mass is 10.0. The Morgan fingerprint density at radius 2 is 1.37 bits per heavy atom. The number of nitrogens with zero attached hydrogens (tertiary/aromatic N) is 2. The highest BCUT2D eigenvalue weighted by Crippen LogP contribution is 2.23. The van der Waals surface area contributed by atoms with Gasteiger partial charge in [0.05, 0.1) is 4.90 Å². The van der Waals surface area contributed by atoms with Crippen LogP contribution < -0.4 is 5.32 Å². The van der Waals surface area contributed by atoms with E-state index in [4.69, 9.17) is 0 Å². The number of carbonyl (C=O) groups is 1. The first kappa shape index (κ1) is 25.1. The molecule has 184 valence electrons. The van der Waals surface area contributed by atoms with Gasteiger partial charge in [-0.1, -0.05) is 47.5 Å². The monoisotopic (exact) mass is 491 g/mol. The number of hydrogen-bond donors (Lipinski definition) is 1. The van der Waals surface area contributed by atoms with E-state index in [1.807, 2.05) is 64.1 Å². The van der Waals surface area contributed by atoms with Crippen LogP contribution in [-0.2, 0) is 16.6 Å². The second-order valence-electron chi connectivity index (χ2n) is 9.42. The molecule has 1 N–H and O–H groups in total. The first-order valence-electron chi connectivity index (χ1n) is 11.9. The van der Waals surface area contributed by atoms with Crippen LogP contribution in [0.3, 0.4) is 0 Å². The van der Waals surface area contributed by atoms with E-state index in [1.165, 1.54) is 5.56 Å². The molecule has 3 aromatic carbocycles. The van der Waals surface area contributed by atoms with E-state index in [-0.39, 0.29) is 5.91 Å². The minimum absolute atomic E-state index is 0.124. The highest BCUT2D eigenvalue weighted by Gasteiger charge is 2.28. The zero-order chi connectivity index (χ0) is 25.2. The van der Waals surface area contributed by atoms with E-state index in [0.717, 1.165) is 34.5 Å². The average molecular weight is 492 g/mol. The van der Waals surface area contributed by atoms with Crippen LogP contribution in [0.1, 0.15) is 38.2 Å². The van der Waals surface area contributed by atoms with Crippen LogP contribution in [0.15, 0.2) is 65.6 Å². The van der Waals surface area contributed by atoms with Gasteiger partial charge in [0, 0.05) is 44.0 Å². The van der Waals surface area contributed by atoms with Gasteiger partial charge in [-0.2, -0.15) is 4.31 Å². The smallest absolute Gasteiger partial charge is 0.255 e. The van der Waals surface area contributed by atoms with Crippen molar-refractivity contribution in [3.63, 3.8) is 0 Å². The number of anilines is 1. The van der Waals surface area contributed by atoms with Gasteiger partial charge in [-0.15, -0.1) is 0 Å². The van der Waals surface area contributed by atoms with Gasteiger partial charge in [0.1, 0.15) is 0 Å². The molecule has 4 rings (SSSR count). The summed E-state index contributed by atoms with van der Waals surface area (Å²) in [6.07, 6.45) is 0. The van der Waals surface area contributed by atoms with Crippen molar-refractivity contribution in [1.82, 2.24) is 9.21 Å². The molecule has 35 heavy (non-hydrogen) atoms. The molecule has 0 atom stereocenters. The lowest BCUT2D eigenvalue weighted by Crippen LogP contribution is -2.48. The Morgan fingerprint density at radius 3 is 1.94 bits per heavy atom. The number of carbonyl (C=O) groups excluding carboxylic acids is 1. The molecule has 0 bridgehead atoms. The van der Waals surface area contributed by atoms with E-state index in [1.54, 1.807) is 16.4 Å². The summed E-state index contributed by atoms with van der Waals surface area (Å²) >= 11 is 0. The van der Waals surface area contributed by atoms with Gasteiger partial charge in [-0.05, 0) is 68.7 Å². The molecule has 0 aliphatic carbocycles. The summed E-state index contributed by atoms with van der Waals surface area (Å²) in [7, 11) is -3.46. The fraction of sp³-hybridized carbons (Fsp3) is 0.321. The molecule has 1 aliphatic rings. The normalized spacial score (nSPS) is 15.2. The highest BCUT2D eigenvalue weighted by atomic mass is 32.2. The number of piperazine rings is 1. The van der Waals surface area contributed by atoms with Crippen LogP contribution >= 0.6 is 0 Å². The molecular formula is C28H33N3O3S. The first-order chi connectivity index (χ1) is 16.6. The predicted octanol–water partition coefficient (Wildman–Crippen LogP) is 4.68. The Kier molecular flexibility index (Phi) is 7.40. The van der Waals surface area contributed by atoms with Gasteiger partial charge in [-0.3, -0.25) is 9.69 Å². The molecule has 0 radical (unpaired) electrons. The van der Waals surface area contributed by atoms with E-state index in [2.05, 4.69) is 22.3 Å². The third-order valence-corrected chi connectivity index (χ3v) is 8.44. The van der Waals surface area contributed by atoms with Gasteiger partial charge in [0.2, 0.25) is 10.0 Å². The van der Waals surface area contributed by atoms with Gasteiger partial charge >= 0.3 is 0 Å². The van der Waals surface area contributed by atoms with E-state index in [0.29, 0.717) is 36.6 Å². The molecule has 0 unspecified atom stereocenters. The Morgan fingerprint density at radius 1 is 0.800 bits per heavy atom. The van der Waals surface area contributed by atoms with Gasteiger partial charge < -0.3 is 5.32 Å². The van der Waals surface area contributed by atoms with Crippen LogP contribution in [0.25, 0.3) is 0 Å². The summed E-state index contributed by atoms with van der Waals surface area (Å²) in [4.78, 5) is 15.4. The molecule has 0 aromatic heterocycles. The number of rotatable bonds is 6. The summed E-state index contributed by atoms with van der Waals surface area (Å²) < 4.78 is 27.4. The second-order valence-corrected chi connectivity index (χ2v) is 11.4. The zero-order valence-electron chi connectivity index (χ0n) is 20.8. The van der Waals surface area contributed by atoms with E-state index >= 15 is 0 Å². The number of benzene rings is 3. The Hall–Kier alpha value is -3.00. The van der Waals surface area contributed by atoms with Crippen molar-refractivity contribution in [2.45, 2.75) is 39.1 Å². The van der Waals surface area contributed by atoms with Gasteiger partial charge in [-0.25, -0.2) is 8.42 Å². The number of amides is 1. The molecule has 1 amide bonds. The van der Waals surface area contributed by atoms with Crippen molar-refractivity contribution in [2.24, 2.45) is 0 Å². The van der Waals surface area contributed by atoms with Crippen LogP contribution in [0.5, 0.6) is 0 Å². The topological polar surface area (TPSA) is 69.7 Å². The third-order valence-electron chi connectivity index (χ3n) is 6.53. The summed E-state index contributed by atoms with van der Waals surface area (Å²) in [6, 6.07) is 18.8. The van der Waals surface area contributed by atoms with Crippen molar-refractivity contribution >= 4 is 21.6 Å². The van der Waals surface area contributed by atoms with Crippen molar-refractivity contribution < 1.29 is 13.2 Å². The maximum Gasteiger partial charge on any atom is 0.255 e. The number of aryl methyl sites for hydroxylation is 4. The Balaban J connectivity index is 1.33.